The molecule has 3 nitrogen and oxygen atoms in total. The maximum absolute atomic E-state index is 12.5. The summed E-state index contributed by atoms with van der Waals surface area (Å²) in [5.41, 5.74) is 5.88. The van der Waals surface area contributed by atoms with Crippen LogP contribution in [0.5, 0.6) is 0 Å². The van der Waals surface area contributed by atoms with Crippen molar-refractivity contribution in [3.8, 4) is 0 Å². The summed E-state index contributed by atoms with van der Waals surface area (Å²) in [6.07, 6.45) is -4.47. The molecule has 118 valence electrons. The van der Waals surface area contributed by atoms with E-state index in [4.69, 9.17) is 5.73 Å². The first-order chi connectivity index (χ1) is 10.1. The van der Waals surface area contributed by atoms with Crippen LogP contribution in [-0.4, -0.2) is 8.42 Å². The van der Waals surface area contributed by atoms with Gasteiger partial charge in [-0.15, -0.1) is 0 Å². The molecule has 0 saturated heterocycles. The highest BCUT2D eigenvalue weighted by Gasteiger charge is 2.31. The Morgan fingerprint density at radius 3 is 1.91 bits per heavy atom. The third-order valence-electron chi connectivity index (χ3n) is 3.25. The van der Waals surface area contributed by atoms with E-state index in [2.05, 4.69) is 0 Å². The molecule has 1 unspecified atom stereocenters. The number of alkyl halides is 3. The van der Waals surface area contributed by atoms with Gasteiger partial charge in [-0.05, 0) is 36.8 Å². The van der Waals surface area contributed by atoms with Crippen molar-refractivity contribution < 1.29 is 21.6 Å². The van der Waals surface area contributed by atoms with Crippen molar-refractivity contribution in [1.29, 1.82) is 0 Å². The van der Waals surface area contributed by atoms with Gasteiger partial charge in [0.15, 0.2) is 9.84 Å². The van der Waals surface area contributed by atoms with E-state index < -0.39 is 27.0 Å². The fourth-order valence-electron chi connectivity index (χ4n) is 1.92. The van der Waals surface area contributed by atoms with Crippen LogP contribution in [0.15, 0.2) is 53.4 Å². The molecular weight excluding hydrogens is 315 g/mol. The Labute approximate surface area is 126 Å². The van der Waals surface area contributed by atoms with Gasteiger partial charge >= 0.3 is 6.18 Å². The smallest absolute Gasteiger partial charge is 0.311 e. The SMILES string of the molecule is Cc1ccc(S(=O)(=O)C(N)c2ccc(C(F)(F)F)cc2)cc1. The molecule has 2 aromatic rings. The summed E-state index contributed by atoms with van der Waals surface area (Å²) >= 11 is 0. The Morgan fingerprint density at radius 2 is 1.45 bits per heavy atom. The van der Waals surface area contributed by atoms with Crippen molar-refractivity contribution in [2.45, 2.75) is 23.4 Å². The minimum absolute atomic E-state index is 0.0329. The molecule has 2 aromatic carbocycles. The van der Waals surface area contributed by atoms with E-state index in [0.29, 0.717) is 0 Å². The number of rotatable bonds is 3. The Morgan fingerprint density at radius 1 is 0.955 bits per heavy atom. The van der Waals surface area contributed by atoms with E-state index in [1.54, 1.807) is 12.1 Å². The Kier molecular flexibility index (Phi) is 4.30. The van der Waals surface area contributed by atoms with Crippen molar-refractivity contribution in [3.05, 3.63) is 65.2 Å². The summed E-state index contributed by atoms with van der Waals surface area (Å²) in [6.45, 7) is 1.81. The third kappa shape index (κ3) is 3.31. The van der Waals surface area contributed by atoms with Gasteiger partial charge in [0.25, 0.3) is 0 Å². The quantitative estimate of drug-likeness (QED) is 0.938. The lowest BCUT2D eigenvalue weighted by Gasteiger charge is -2.15. The Balaban J connectivity index is 2.34. The molecule has 0 radical (unpaired) electrons. The van der Waals surface area contributed by atoms with Crippen molar-refractivity contribution in [3.63, 3.8) is 0 Å². The third-order valence-corrected chi connectivity index (χ3v) is 5.12. The van der Waals surface area contributed by atoms with Gasteiger partial charge in [-0.2, -0.15) is 13.2 Å². The number of hydrogen-bond donors (Lipinski definition) is 1. The first-order valence-corrected chi connectivity index (χ1v) is 7.90. The normalized spacial score (nSPS) is 13.9. The van der Waals surface area contributed by atoms with Crippen LogP contribution < -0.4 is 5.73 Å². The van der Waals surface area contributed by atoms with E-state index >= 15 is 0 Å². The Bertz CT molecular complexity index is 751. The second-order valence-electron chi connectivity index (χ2n) is 4.90. The van der Waals surface area contributed by atoms with Crippen LogP contribution in [0.4, 0.5) is 13.2 Å². The first kappa shape index (κ1) is 16.5. The number of aryl methyl sites for hydroxylation is 1. The predicted octanol–water partition coefficient (Wildman–Crippen LogP) is 3.45. The number of sulfone groups is 1. The van der Waals surface area contributed by atoms with Gasteiger partial charge in [0.1, 0.15) is 5.37 Å². The largest absolute Gasteiger partial charge is 0.416 e. The van der Waals surface area contributed by atoms with Crippen LogP contribution in [0.3, 0.4) is 0 Å². The molecule has 0 bridgehead atoms. The molecule has 22 heavy (non-hydrogen) atoms. The second kappa shape index (κ2) is 5.73. The fraction of sp³-hybridized carbons (Fsp3) is 0.200. The van der Waals surface area contributed by atoms with Crippen molar-refractivity contribution >= 4 is 9.84 Å². The van der Waals surface area contributed by atoms with Gasteiger partial charge in [-0.3, -0.25) is 0 Å². The van der Waals surface area contributed by atoms with E-state index in [1.165, 1.54) is 12.1 Å². The molecule has 0 saturated carbocycles. The number of nitrogens with two attached hydrogens (primary N) is 1. The summed E-state index contributed by atoms with van der Waals surface area (Å²) in [6, 6.07) is 9.92. The van der Waals surface area contributed by atoms with Gasteiger partial charge in [-0.25, -0.2) is 8.42 Å². The molecule has 0 heterocycles. The van der Waals surface area contributed by atoms with E-state index in [9.17, 15) is 21.6 Å². The monoisotopic (exact) mass is 329 g/mol. The summed E-state index contributed by atoms with van der Waals surface area (Å²) in [5.74, 6) is 0. The average molecular weight is 329 g/mol. The van der Waals surface area contributed by atoms with Crippen LogP contribution in [0.1, 0.15) is 22.1 Å². The molecule has 0 aliphatic carbocycles. The summed E-state index contributed by atoms with van der Waals surface area (Å²) in [5, 5.41) is -1.42. The second-order valence-corrected chi connectivity index (χ2v) is 6.97. The molecular formula is C15H14F3NO2S. The average Bonchev–Trinajstić information content (AvgIpc) is 2.46. The topological polar surface area (TPSA) is 60.2 Å². The lowest BCUT2D eigenvalue weighted by atomic mass is 10.1. The maximum atomic E-state index is 12.5. The Hall–Kier alpha value is -1.86. The van der Waals surface area contributed by atoms with E-state index in [0.717, 1.165) is 29.8 Å². The maximum Gasteiger partial charge on any atom is 0.416 e. The molecule has 0 amide bonds. The summed E-state index contributed by atoms with van der Waals surface area (Å²) in [4.78, 5) is 0.0329. The lowest BCUT2D eigenvalue weighted by molar-refractivity contribution is -0.137. The van der Waals surface area contributed by atoms with Crippen molar-refractivity contribution in [1.82, 2.24) is 0 Å². The highest BCUT2D eigenvalue weighted by molar-refractivity contribution is 7.91. The molecule has 7 heteroatoms. The fourth-order valence-corrected chi connectivity index (χ4v) is 3.24. The van der Waals surface area contributed by atoms with Gasteiger partial charge in [0.05, 0.1) is 10.5 Å². The van der Waals surface area contributed by atoms with Crippen LogP contribution in [0.2, 0.25) is 0 Å². The zero-order chi connectivity index (χ0) is 16.5. The highest BCUT2D eigenvalue weighted by Crippen LogP contribution is 2.31. The first-order valence-electron chi connectivity index (χ1n) is 6.35. The van der Waals surface area contributed by atoms with Gasteiger partial charge < -0.3 is 5.73 Å². The van der Waals surface area contributed by atoms with Crippen LogP contribution in [0, 0.1) is 6.92 Å². The van der Waals surface area contributed by atoms with Crippen molar-refractivity contribution in [2.24, 2.45) is 5.73 Å². The molecule has 1 atom stereocenters. The van der Waals surface area contributed by atoms with Crippen LogP contribution in [-0.2, 0) is 16.0 Å². The molecule has 2 N–H and O–H groups in total. The lowest BCUT2D eigenvalue weighted by Crippen LogP contribution is -2.22. The number of halogens is 3. The molecule has 0 aliphatic heterocycles. The molecule has 2 rings (SSSR count). The van der Waals surface area contributed by atoms with Crippen LogP contribution in [0.25, 0.3) is 0 Å². The standard InChI is InChI=1S/C15H14F3NO2S/c1-10-2-8-13(9-3-10)22(20,21)14(19)11-4-6-12(7-5-11)15(16,17)18/h2-9,14H,19H2,1H3. The van der Waals surface area contributed by atoms with Gasteiger partial charge in [-0.1, -0.05) is 29.8 Å². The molecule has 0 aliphatic rings. The predicted molar refractivity (Wildman–Crippen MR) is 76.7 cm³/mol. The van der Waals surface area contributed by atoms with E-state index in [1.807, 2.05) is 6.92 Å². The minimum Gasteiger partial charge on any atom is -0.311 e. The minimum atomic E-state index is -4.47. The van der Waals surface area contributed by atoms with Gasteiger partial charge in [0, 0.05) is 0 Å². The summed E-state index contributed by atoms with van der Waals surface area (Å²) in [7, 11) is -3.86. The molecule has 0 fully saturated rings. The highest BCUT2D eigenvalue weighted by atomic mass is 32.2. The molecule has 0 spiro atoms. The number of benzene rings is 2. The molecule has 0 aromatic heterocycles. The van der Waals surface area contributed by atoms with Crippen molar-refractivity contribution in [2.75, 3.05) is 0 Å². The number of hydrogen-bond acceptors (Lipinski definition) is 3. The van der Waals surface area contributed by atoms with Gasteiger partial charge in [0.2, 0.25) is 0 Å². The van der Waals surface area contributed by atoms with E-state index in [-0.39, 0.29) is 10.5 Å². The van der Waals surface area contributed by atoms with Crippen LogP contribution >= 0.6 is 0 Å². The summed E-state index contributed by atoms with van der Waals surface area (Å²) < 4.78 is 62.3. The zero-order valence-corrected chi connectivity index (χ0v) is 12.4. The zero-order valence-electron chi connectivity index (χ0n) is 11.6.